The van der Waals surface area contributed by atoms with Crippen LogP contribution in [0.25, 0.3) is 5.76 Å². The molecule has 2 aliphatic rings. The summed E-state index contributed by atoms with van der Waals surface area (Å²) in [6.07, 6.45) is 0.527. The van der Waals surface area contributed by atoms with E-state index in [2.05, 4.69) is 0 Å². The summed E-state index contributed by atoms with van der Waals surface area (Å²) in [5, 5.41) is 11.3. The van der Waals surface area contributed by atoms with Gasteiger partial charge < -0.3 is 33.7 Å². The minimum Gasteiger partial charge on any atom is -0.507 e. The van der Waals surface area contributed by atoms with Crippen LogP contribution in [0.4, 0.5) is 0 Å². The summed E-state index contributed by atoms with van der Waals surface area (Å²) in [6.45, 7) is 6.12. The summed E-state index contributed by atoms with van der Waals surface area (Å²) in [6, 6.07) is 9.41. The average Bonchev–Trinajstić information content (AvgIpc) is 3.14. The molecule has 1 unspecified atom stereocenters. The summed E-state index contributed by atoms with van der Waals surface area (Å²) < 4.78 is 27.8. The zero-order valence-corrected chi connectivity index (χ0v) is 20.7. The Labute approximate surface area is 210 Å². The number of aliphatic hydroxyl groups excluding tert-OH is 1. The SMILES string of the molecule is CCOc1ccc(C2/C(=C(\O)c3ccc4c(c3)OCCO4)C(=O)C(=O)N2CCCOC)cc1OCC. The molecule has 0 aliphatic carbocycles. The quantitative estimate of drug-likeness (QED) is 0.229. The number of carbonyl (C=O) groups excluding carboxylic acids is 2. The maximum Gasteiger partial charge on any atom is 0.295 e. The van der Waals surface area contributed by atoms with Gasteiger partial charge in [-0.05, 0) is 56.2 Å². The van der Waals surface area contributed by atoms with Crippen molar-refractivity contribution in [2.24, 2.45) is 0 Å². The van der Waals surface area contributed by atoms with Crippen LogP contribution in [-0.4, -0.2) is 68.4 Å². The van der Waals surface area contributed by atoms with Crippen molar-refractivity contribution in [3.05, 3.63) is 53.1 Å². The molecule has 0 bridgehead atoms. The molecule has 0 radical (unpaired) electrons. The highest BCUT2D eigenvalue weighted by molar-refractivity contribution is 6.46. The van der Waals surface area contributed by atoms with Gasteiger partial charge in [0, 0.05) is 25.8 Å². The number of amides is 1. The number of likely N-dealkylation sites (tertiary alicyclic amines) is 1. The van der Waals surface area contributed by atoms with Crippen molar-refractivity contribution in [3.63, 3.8) is 0 Å². The molecule has 9 heteroatoms. The summed E-state index contributed by atoms with van der Waals surface area (Å²) in [5.74, 6) is 0.373. The van der Waals surface area contributed by atoms with Crippen LogP contribution in [0.5, 0.6) is 23.0 Å². The fraction of sp³-hybridized carbons (Fsp3) is 0.407. The van der Waals surface area contributed by atoms with Crippen LogP contribution in [0, 0.1) is 0 Å². The van der Waals surface area contributed by atoms with Crippen LogP contribution in [0.2, 0.25) is 0 Å². The van der Waals surface area contributed by atoms with Crippen molar-refractivity contribution in [2.45, 2.75) is 26.3 Å². The van der Waals surface area contributed by atoms with Gasteiger partial charge in [-0.25, -0.2) is 0 Å². The Bertz CT molecular complexity index is 1160. The molecule has 9 nitrogen and oxygen atoms in total. The molecule has 2 aromatic carbocycles. The number of nitrogens with zero attached hydrogens (tertiary/aromatic N) is 1. The van der Waals surface area contributed by atoms with E-state index in [9.17, 15) is 14.7 Å². The lowest BCUT2D eigenvalue weighted by Crippen LogP contribution is -2.31. The van der Waals surface area contributed by atoms with Crippen molar-refractivity contribution in [2.75, 3.05) is 46.7 Å². The molecule has 1 atom stereocenters. The predicted molar refractivity (Wildman–Crippen MR) is 132 cm³/mol. The number of rotatable bonds is 10. The number of ketones is 1. The number of Topliss-reactive ketones (excluding diaryl/α,β-unsaturated/α-hetero) is 1. The lowest BCUT2D eigenvalue weighted by Gasteiger charge is -2.26. The molecule has 1 amide bonds. The summed E-state index contributed by atoms with van der Waals surface area (Å²) >= 11 is 0. The zero-order chi connectivity index (χ0) is 25.7. The van der Waals surface area contributed by atoms with Crippen molar-refractivity contribution < 1.29 is 38.4 Å². The number of benzene rings is 2. The van der Waals surface area contributed by atoms with Gasteiger partial charge in [-0.1, -0.05) is 6.07 Å². The van der Waals surface area contributed by atoms with E-state index in [1.54, 1.807) is 43.5 Å². The molecule has 36 heavy (non-hydrogen) atoms. The maximum absolute atomic E-state index is 13.3. The van der Waals surface area contributed by atoms with Gasteiger partial charge >= 0.3 is 0 Å². The number of methoxy groups -OCH3 is 1. The van der Waals surface area contributed by atoms with E-state index >= 15 is 0 Å². The molecule has 2 aromatic rings. The first-order valence-electron chi connectivity index (χ1n) is 12.1. The molecular weight excluding hydrogens is 466 g/mol. The third kappa shape index (κ3) is 4.97. The molecule has 4 rings (SSSR count). The van der Waals surface area contributed by atoms with Crippen LogP contribution in [-0.2, 0) is 14.3 Å². The number of carbonyl (C=O) groups is 2. The fourth-order valence-corrected chi connectivity index (χ4v) is 4.42. The van der Waals surface area contributed by atoms with Crippen molar-refractivity contribution >= 4 is 17.4 Å². The van der Waals surface area contributed by atoms with Gasteiger partial charge in [-0.3, -0.25) is 9.59 Å². The molecule has 0 aromatic heterocycles. The Morgan fingerprint density at radius 1 is 1.00 bits per heavy atom. The highest BCUT2D eigenvalue weighted by Gasteiger charge is 2.46. The Hall–Kier alpha value is -3.72. The predicted octanol–water partition coefficient (Wildman–Crippen LogP) is 3.71. The second-order valence-corrected chi connectivity index (χ2v) is 8.27. The van der Waals surface area contributed by atoms with Crippen LogP contribution >= 0.6 is 0 Å². The number of fused-ring (bicyclic) bond motifs is 1. The van der Waals surface area contributed by atoms with Gasteiger partial charge in [0.2, 0.25) is 0 Å². The zero-order valence-electron chi connectivity index (χ0n) is 20.7. The van der Waals surface area contributed by atoms with E-state index in [1.165, 1.54) is 4.90 Å². The number of hydrogen-bond donors (Lipinski definition) is 1. The normalized spacial score (nSPS) is 18.4. The molecule has 1 N–H and O–H groups in total. The van der Waals surface area contributed by atoms with Crippen LogP contribution in [0.3, 0.4) is 0 Å². The molecule has 0 spiro atoms. The highest BCUT2D eigenvalue weighted by atomic mass is 16.6. The van der Waals surface area contributed by atoms with Gasteiger partial charge in [0.15, 0.2) is 23.0 Å². The summed E-state index contributed by atoms with van der Waals surface area (Å²) in [5.41, 5.74) is 0.980. The van der Waals surface area contributed by atoms with Crippen molar-refractivity contribution in [1.82, 2.24) is 4.90 Å². The number of ether oxygens (including phenoxy) is 5. The van der Waals surface area contributed by atoms with Crippen molar-refractivity contribution in [3.8, 4) is 23.0 Å². The fourth-order valence-electron chi connectivity index (χ4n) is 4.42. The third-order valence-corrected chi connectivity index (χ3v) is 5.99. The van der Waals surface area contributed by atoms with Crippen LogP contribution in [0.1, 0.15) is 37.4 Å². The monoisotopic (exact) mass is 497 g/mol. The minimum absolute atomic E-state index is 0.000651. The molecule has 0 saturated carbocycles. The lowest BCUT2D eigenvalue weighted by atomic mass is 9.94. The first-order chi connectivity index (χ1) is 17.5. The standard InChI is InChI=1S/C27H31NO8/c1-4-33-19-9-7-17(15-21(19)34-5-2)24-23(26(30)27(31)28(24)11-6-12-32-3)25(29)18-8-10-20-22(16-18)36-14-13-35-20/h7-10,15-16,24,29H,4-6,11-14H2,1-3H3/b25-23+. The molecule has 2 heterocycles. The maximum atomic E-state index is 13.3. The van der Waals surface area contributed by atoms with E-state index in [-0.39, 0.29) is 17.9 Å². The van der Waals surface area contributed by atoms with Gasteiger partial charge in [-0.15, -0.1) is 0 Å². The summed E-state index contributed by atoms with van der Waals surface area (Å²) in [4.78, 5) is 27.9. The topological polar surface area (TPSA) is 104 Å². The summed E-state index contributed by atoms with van der Waals surface area (Å²) in [7, 11) is 1.58. The van der Waals surface area contributed by atoms with Crippen LogP contribution in [0.15, 0.2) is 42.0 Å². The number of aliphatic hydroxyl groups is 1. The first kappa shape index (κ1) is 25.4. The second kappa shape index (κ2) is 11.3. The average molecular weight is 498 g/mol. The molecule has 1 saturated heterocycles. The van der Waals surface area contributed by atoms with Gasteiger partial charge in [0.1, 0.15) is 19.0 Å². The van der Waals surface area contributed by atoms with E-state index in [4.69, 9.17) is 23.7 Å². The van der Waals surface area contributed by atoms with Crippen LogP contribution < -0.4 is 18.9 Å². The Morgan fingerprint density at radius 2 is 1.72 bits per heavy atom. The van der Waals surface area contributed by atoms with E-state index in [0.717, 1.165) is 0 Å². The minimum atomic E-state index is -0.815. The second-order valence-electron chi connectivity index (χ2n) is 8.27. The lowest BCUT2D eigenvalue weighted by molar-refractivity contribution is -0.140. The molecular formula is C27H31NO8. The largest absolute Gasteiger partial charge is 0.507 e. The van der Waals surface area contributed by atoms with Gasteiger partial charge in [0.25, 0.3) is 11.7 Å². The Balaban J connectivity index is 1.82. The van der Waals surface area contributed by atoms with Crippen molar-refractivity contribution in [1.29, 1.82) is 0 Å². The smallest absolute Gasteiger partial charge is 0.295 e. The molecule has 1 fully saturated rings. The van der Waals surface area contributed by atoms with E-state index < -0.39 is 17.7 Å². The highest BCUT2D eigenvalue weighted by Crippen LogP contribution is 2.43. The Morgan fingerprint density at radius 3 is 2.44 bits per heavy atom. The third-order valence-electron chi connectivity index (χ3n) is 5.99. The van der Waals surface area contributed by atoms with Gasteiger partial charge in [-0.2, -0.15) is 0 Å². The van der Waals surface area contributed by atoms with E-state index in [0.29, 0.717) is 73.6 Å². The first-order valence-corrected chi connectivity index (χ1v) is 12.1. The molecule has 2 aliphatic heterocycles. The van der Waals surface area contributed by atoms with Gasteiger partial charge in [0.05, 0.1) is 24.8 Å². The number of hydrogen-bond acceptors (Lipinski definition) is 8. The Kier molecular flexibility index (Phi) is 8.00. The van der Waals surface area contributed by atoms with E-state index in [1.807, 2.05) is 13.8 Å². The molecule has 192 valence electrons.